The molecule has 0 saturated carbocycles. The van der Waals surface area contributed by atoms with Gasteiger partial charge in [-0.2, -0.15) is 0 Å². The van der Waals surface area contributed by atoms with Gasteiger partial charge in [0.2, 0.25) is 0 Å². The van der Waals surface area contributed by atoms with Gasteiger partial charge in [0, 0.05) is 17.0 Å². The summed E-state index contributed by atoms with van der Waals surface area (Å²) in [5.41, 5.74) is -0.236. The first-order valence-corrected chi connectivity index (χ1v) is 6.05. The van der Waals surface area contributed by atoms with Crippen LogP contribution < -0.4 is 0 Å². The molecule has 2 heterocycles. The normalized spacial score (nSPS) is 10.9. The maximum atomic E-state index is 11.4. The highest BCUT2D eigenvalue weighted by atomic mass is 16.4. The van der Waals surface area contributed by atoms with Crippen LogP contribution >= 0.6 is 0 Å². The molecule has 0 aliphatic rings. The molecule has 0 bridgehead atoms. The third-order valence-corrected chi connectivity index (χ3v) is 3.28. The Hall–Kier alpha value is -3.42. The molecular weight excluding hydrogens is 292 g/mol. The fourth-order valence-electron chi connectivity index (χ4n) is 2.35. The van der Waals surface area contributed by atoms with Gasteiger partial charge in [-0.15, -0.1) is 0 Å². The summed E-state index contributed by atoms with van der Waals surface area (Å²) in [5.74, 6) is -2.58. The van der Waals surface area contributed by atoms with Crippen LogP contribution in [0.15, 0.2) is 30.5 Å². The van der Waals surface area contributed by atoms with Gasteiger partial charge in [-0.1, -0.05) is 12.1 Å². The molecule has 0 atom stereocenters. The SMILES string of the molecule is O=C(O)c1ccc2ccc3c(c(C(=O)O)cn3C(=O)O)c2n1. The van der Waals surface area contributed by atoms with E-state index >= 15 is 0 Å². The third kappa shape index (κ3) is 1.85. The van der Waals surface area contributed by atoms with Crippen LogP contribution in [-0.4, -0.2) is 42.9 Å². The molecule has 3 rings (SSSR count). The highest BCUT2D eigenvalue weighted by Crippen LogP contribution is 2.29. The zero-order valence-electron chi connectivity index (χ0n) is 10.8. The van der Waals surface area contributed by atoms with Crippen molar-refractivity contribution in [2.45, 2.75) is 0 Å². The minimum atomic E-state index is -1.34. The Balaban J connectivity index is 2.53. The number of aromatic nitrogens is 2. The molecule has 3 aromatic rings. The van der Waals surface area contributed by atoms with Gasteiger partial charge in [-0.3, -0.25) is 4.57 Å². The summed E-state index contributed by atoms with van der Waals surface area (Å²) >= 11 is 0. The van der Waals surface area contributed by atoms with Gasteiger partial charge in [-0.25, -0.2) is 19.4 Å². The number of hydrogen-bond acceptors (Lipinski definition) is 4. The topological polar surface area (TPSA) is 130 Å². The van der Waals surface area contributed by atoms with Crippen molar-refractivity contribution < 1.29 is 29.7 Å². The molecule has 0 aliphatic heterocycles. The lowest BCUT2D eigenvalue weighted by atomic mass is 10.1. The summed E-state index contributed by atoms with van der Waals surface area (Å²) in [4.78, 5) is 37.6. The van der Waals surface area contributed by atoms with Crippen LogP contribution in [0.4, 0.5) is 4.79 Å². The fraction of sp³-hybridized carbons (Fsp3) is 0. The lowest BCUT2D eigenvalue weighted by Crippen LogP contribution is -2.06. The number of rotatable bonds is 2. The standard InChI is InChI=1S/C14H8N2O6/c17-12(18)7-5-16(14(21)22)9-4-2-6-1-3-8(13(19)20)15-11(6)10(7)9/h1-5H,(H,17,18)(H,19,20)(H,21,22). The highest BCUT2D eigenvalue weighted by molar-refractivity contribution is 6.16. The first kappa shape index (κ1) is 13.6. The van der Waals surface area contributed by atoms with Gasteiger partial charge < -0.3 is 15.3 Å². The Bertz CT molecular complexity index is 972. The van der Waals surface area contributed by atoms with Crippen molar-refractivity contribution in [3.8, 4) is 0 Å². The van der Waals surface area contributed by atoms with E-state index in [1.165, 1.54) is 18.2 Å². The largest absolute Gasteiger partial charge is 0.478 e. The number of pyridine rings is 1. The van der Waals surface area contributed by atoms with E-state index in [1.807, 2.05) is 0 Å². The van der Waals surface area contributed by atoms with Gasteiger partial charge in [0.25, 0.3) is 0 Å². The van der Waals surface area contributed by atoms with Crippen molar-refractivity contribution in [2.75, 3.05) is 0 Å². The fourth-order valence-corrected chi connectivity index (χ4v) is 2.35. The molecule has 8 nitrogen and oxygen atoms in total. The van der Waals surface area contributed by atoms with Crippen LogP contribution in [0.5, 0.6) is 0 Å². The predicted molar refractivity (Wildman–Crippen MR) is 74.6 cm³/mol. The second kappa shape index (κ2) is 4.55. The first-order chi connectivity index (χ1) is 10.4. The molecule has 1 aromatic carbocycles. The number of carbonyl (C=O) groups is 3. The van der Waals surface area contributed by atoms with E-state index in [0.717, 1.165) is 10.8 Å². The molecule has 22 heavy (non-hydrogen) atoms. The van der Waals surface area contributed by atoms with Crippen LogP contribution in [0.1, 0.15) is 20.8 Å². The molecule has 0 radical (unpaired) electrons. The van der Waals surface area contributed by atoms with Gasteiger partial charge >= 0.3 is 18.0 Å². The van der Waals surface area contributed by atoms with Crippen molar-refractivity contribution in [3.63, 3.8) is 0 Å². The van der Waals surface area contributed by atoms with Crippen molar-refractivity contribution in [1.29, 1.82) is 0 Å². The number of carboxylic acid groups (broad SMARTS) is 3. The first-order valence-electron chi connectivity index (χ1n) is 6.05. The van der Waals surface area contributed by atoms with E-state index in [4.69, 9.17) is 10.2 Å². The second-order valence-electron chi connectivity index (χ2n) is 4.53. The molecule has 2 aromatic heterocycles. The molecule has 0 aliphatic carbocycles. The van der Waals surface area contributed by atoms with Crippen molar-refractivity contribution in [3.05, 3.63) is 41.7 Å². The second-order valence-corrected chi connectivity index (χ2v) is 4.53. The Morgan fingerprint density at radius 1 is 0.955 bits per heavy atom. The van der Waals surface area contributed by atoms with Crippen molar-refractivity contribution in [1.82, 2.24) is 9.55 Å². The highest BCUT2D eigenvalue weighted by Gasteiger charge is 2.20. The van der Waals surface area contributed by atoms with Crippen molar-refractivity contribution in [2.24, 2.45) is 0 Å². The maximum Gasteiger partial charge on any atom is 0.416 e. The van der Waals surface area contributed by atoms with E-state index in [-0.39, 0.29) is 27.7 Å². The number of benzene rings is 1. The van der Waals surface area contributed by atoms with Gasteiger partial charge in [0.05, 0.1) is 16.6 Å². The summed E-state index contributed by atoms with van der Waals surface area (Å²) < 4.78 is 0.771. The molecule has 0 saturated heterocycles. The lowest BCUT2D eigenvalue weighted by molar-refractivity contribution is 0.0684. The number of aromatic carboxylic acids is 2. The average molecular weight is 300 g/mol. The van der Waals surface area contributed by atoms with Crippen LogP contribution in [0, 0.1) is 0 Å². The molecule has 8 heteroatoms. The number of hydrogen-bond donors (Lipinski definition) is 3. The van der Waals surface area contributed by atoms with Gasteiger partial charge in [0.1, 0.15) is 5.69 Å². The predicted octanol–water partition coefficient (Wildman–Crippen LogP) is 2.11. The summed E-state index contributed by atoms with van der Waals surface area (Å²) in [6.07, 6.45) is -0.365. The molecule has 3 N–H and O–H groups in total. The van der Waals surface area contributed by atoms with E-state index in [0.29, 0.717) is 5.39 Å². The minimum Gasteiger partial charge on any atom is -0.478 e. The Kier molecular flexibility index (Phi) is 2.81. The summed E-state index contributed by atoms with van der Waals surface area (Å²) in [7, 11) is 0. The summed E-state index contributed by atoms with van der Waals surface area (Å²) in [5, 5.41) is 28.0. The van der Waals surface area contributed by atoms with Crippen LogP contribution in [0.3, 0.4) is 0 Å². The minimum absolute atomic E-state index is 0.0931. The third-order valence-electron chi connectivity index (χ3n) is 3.28. The molecule has 0 amide bonds. The van der Waals surface area contributed by atoms with Gasteiger partial charge in [-0.05, 0) is 12.1 Å². The smallest absolute Gasteiger partial charge is 0.416 e. The van der Waals surface area contributed by atoms with E-state index in [9.17, 15) is 19.5 Å². The Morgan fingerprint density at radius 3 is 2.23 bits per heavy atom. The average Bonchev–Trinajstić information content (AvgIpc) is 2.86. The zero-order chi connectivity index (χ0) is 16.0. The quantitative estimate of drug-likeness (QED) is 0.660. The van der Waals surface area contributed by atoms with E-state index < -0.39 is 18.0 Å². The molecule has 0 unspecified atom stereocenters. The van der Waals surface area contributed by atoms with Crippen LogP contribution in [-0.2, 0) is 0 Å². The zero-order valence-corrected chi connectivity index (χ0v) is 10.8. The lowest BCUT2D eigenvalue weighted by Gasteiger charge is -2.03. The molecule has 0 fully saturated rings. The monoisotopic (exact) mass is 300 g/mol. The van der Waals surface area contributed by atoms with Gasteiger partial charge in [0.15, 0.2) is 0 Å². The van der Waals surface area contributed by atoms with Crippen molar-refractivity contribution >= 4 is 39.8 Å². The Morgan fingerprint density at radius 2 is 1.64 bits per heavy atom. The summed E-state index contributed by atoms with van der Waals surface area (Å²) in [6, 6.07) is 5.81. The summed E-state index contributed by atoms with van der Waals surface area (Å²) in [6.45, 7) is 0. The van der Waals surface area contributed by atoms with Crippen LogP contribution in [0.2, 0.25) is 0 Å². The molecular formula is C14H8N2O6. The number of fused-ring (bicyclic) bond motifs is 3. The van der Waals surface area contributed by atoms with Crippen LogP contribution in [0.25, 0.3) is 21.8 Å². The van der Waals surface area contributed by atoms with E-state index in [2.05, 4.69) is 4.98 Å². The molecule has 0 spiro atoms. The maximum absolute atomic E-state index is 11.4. The number of nitrogens with zero attached hydrogens (tertiary/aromatic N) is 2. The number of carboxylic acids is 2. The Labute approximate surface area is 121 Å². The van der Waals surface area contributed by atoms with E-state index in [1.54, 1.807) is 6.07 Å². The molecule has 110 valence electrons.